The van der Waals surface area contributed by atoms with Crippen LogP contribution in [0.4, 0.5) is 0 Å². The van der Waals surface area contributed by atoms with Crippen molar-refractivity contribution < 1.29 is 28.5 Å². The van der Waals surface area contributed by atoms with Crippen molar-refractivity contribution >= 4 is 11.8 Å². The van der Waals surface area contributed by atoms with Crippen LogP contribution < -0.4 is 24.3 Å². The molecular formula is C24H24N4O6. The van der Waals surface area contributed by atoms with Crippen LogP contribution in [0.5, 0.6) is 23.0 Å². The van der Waals surface area contributed by atoms with Crippen LogP contribution in [-0.4, -0.2) is 54.1 Å². The Hall–Kier alpha value is -4.21. The second kappa shape index (κ2) is 8.97. The summed E-state index contributed by atoms with van der Waals surface area (Å²) in [4.78, 5) is 27.5. The number of amides is 2. The van der Waals surface area contributed by atoms with Gasteiger partial charge >= 0.3 is 0 Å². The molecule has 1 aromatic heterocycles. The van der Waals surface area contributed by atoms with Crippen molar-refractivity contribution in [3.05, 3.63) is 65.0 Å². The number of hydrogen-bond donors (Lipinski definition) is 1. The topological polar surface area (TPSA) is 104 Å². The number of carbonyl (C=O) groups excluding carboxylic acids is 2. The van der Waals surface area contributed by atoms with Gasteiger partial charge in [0.15, 0.2) is 17.2 Å². The van der Waals surface area contributed by atoms with Crippen molar-refractivity contribution in [2.24, 2.45) is 0 Å². The molecule has 3 aromatic rings. The van der Waals surface area contributed by atoms with Crippen molar-refractivity contribution in [1.29, 1.82) is 0 Å². The van der Waals surface area contributed by atoms with E-state index in [2.05, 4.69) is 10.4 Å². The number of hydrogen-bond acceptors (Lipinski definition) is 7. The van der Waals surface area contributed by atoms with Gasteiger partial charge in [-0.25, -0.2) is 0 Å². The second-order valence-electron chi connectivity index (χ2n) is 7.96. The summed E-state index contributed by atoms with van der Waals surface area (Å²) >= 11 is 0. The molecule has 2 aromatic carbocycles. The predicted molar refractivity (Wildman–Crippen MR) is 120 cm³/mol. The summed E-state index contributed by atoms with van der Waals surface area (Å²) in [7, 11) is 3.17. The van der Waals surface area contributed by atoms with E-state index in [-0.39, 0.29) is 24.3 Å². The number of nitrogens with one attached hydrogen (secondary N) is 1. The number of methoxy groups -OCH3 is 2. The Bertz CT molecular complexity index is 1230. The summed E-state index contributed by atoms with van der Waals surface area (Å²) < 4.78 is 22.9. The summed E-state index contributed by atoms with van der Waals surface area (Å²) in [5.74, 6) is 2.12. The first kappa shape index (κ1) is 21.6. The highest BCUT2D eigenvalue weighted by atomic mass is 16.7. The van der Waals surface area contributed by atoms with Crippen LogP contribution >= 0.6 is 0 Å². The lowest BCUT2D eigenvalue weighted by Gasteiger charge is -2.27. The van der Waals surface area contributed by atoms with E-state index < -0.39 is 0 Å². The van der Waals surface area contributed by atoms with E-state index in [9.17, 15) is 9.59 Å². The largest absolute Gasteiger partial charge is 0.497 e. The van der Waals surface area contributed by atoms with Crippen LogP contribution in [-0.2, 0) is 19.6 Å². The Morgan fingerprint density at radius 2 is 1.76 bits per heavy atom. The van der Waals surface area contributed by atoms with Crippen LogP contribution in [0.2, 0.25) is 0 Å². The minimum absolute atomic E-state index is 0.185. The molecule has 2 aliphatic rings. The maximum absolute atomic E-state index is 13.1. The third kappa shape index (κ3) is 4.21. The van der Waals surface area contributed by atoms with Crippen LogP contribution in [0.25, 0.3) is 0 Å². The fourth-order valence-corrected chi connectivity index (χ4v) is 4.00. The molecule has 34 heavy (non-hydrogen) atoms. The summed E-state index contributed by atoms with van der Waals surface area (Å²) in [5, 5.41) is 7.18. The molecule has 10 nitrogen and oxygen atoms in total. The molecule has 2 aliphatic heterocycles. The second-order valence-corrected chi connectivity index (χ2v) is 7.96. The first-order chi connectivity index (χ1) is 16.5. The quantitative estimate of drug-likeness (QED) is 0.572. The molecule has 0 aliphatic carbocycles. The van der Waals surface area contributed by atoms with Gasteiger partial charge in [0, 0.05) is 31.8 Å². The molecule has 0 spiro atoms. The smallest absolute Gasteiger partial charge is 0.272 e. The first-order valence-electron chi connectivity index (χ1n) is 10.8. The van der Waals surface area contributed by atoms with E-state index >= 15 is 0 Å². The molecule has 176 valence electrons. The Labute approximate surface area is 196 Å². The van der Waals surface area contributed by atoms with Gasteiger partial charge in [-0.15, -0.1) is 0 Å². The van der Waals surface area contributed by atoms with Crippen molar-refractivity contribution in [2.75, 3.05) is 27.6 Å². The number of rotatable bonds is 7. The lowest BCUT2D eigenvalue weighted by Crippen LogP contribution is -2.39. The van der Waals surface area contributed by atoms with Gasteiger partial charge in [0.05, 0.1) is 20.8 Å². The summed E-state index contributed by atoms with van der Waals surface area (Å²) in [5.41, 5.74) is 2.35. The zero-order valence-electron chi connectivity index (χ0n) is 18.9. The zero-order valence-corrected chi connectivity index (χ0v) is 18.9. The van der Waals surface area contributed by atoms with E-state index in [0.717, 1.165) is 11.1 Å². The number of nitrogens with zero attached hydrogens (tertiary/aromatic N) is 3. The molecule has 0 radical (unpaired) electrons. The summed E-state index contributed by atoms with van der Waals surface area (Å²) in [6.45, 7) is 1.86. The van der Waals surface area contributed by atoms with E-state index in [1.54, 1.807) is 29.9 Å². The van der Waals surface area contributed by atoms with E-state index in [0.29, 0.717) is 54.9 Å². The van der Waals surface area contributed by atoms with E-state index in [1.165, 1.54) is 6.07 Å². The van der Waals surface area contributed by atoms with Crippen LogP contribution in [0.15, 0.2) is 42.5 Å². The molecule has 0 fully saturated rings. The highest BCUT2D eigenvalue weighted by Crippen LogP contribution is 2.32. The Morgan fingerprint density at radius 1 is 1.00 bits per heavy atom. The summed E-state index contributed by atoms with van der Waals surface area (Å²) in [6, 6.07) is 12.6. The Kier molecular flexibility index (Phi) is 5.70. The molecule has 3 heterocycles. The van der Waals surface area contributed by atoms with Gasteiger partial charge in [0.25, 0.3) is 11.8 Å². The third-order valence-electron chi connectivity index (χ3n) is 5.78. The minimum Gasteiger partial charge on any atom is -0.497 e. The van der Waals surface area contributed by atoms with Gasteiger partial charge in [-0.1, -0.05) is 6.07 Å². The normalized spacial score (nSPS) is 14.1. The first-order valence-corrected chi connectivity index (χ1v) is 10.8. The zero-order chi connectivity index (χ0) is 23.7. The van der Waals surface area contributed by atoms with Gasteiger partial charge in [-0.3, -0.25) is 14.3 Å². The number of carbonyl (C=O) groups is 2. The predicted octanol–water partition coefficient (Wildman–Crippen LogP) is 2.21. The molecular weight excluding hydrogens is 440 g/mol. The standard InChI is InChI=1S/C24H24N4O6/c1-31-17-7-16(8-18(10-17)32-2)13-27-5-6-28-20(24(27)30)11-19(26-28)23(29)25-12-15-3-4-21-22(9-15)34-14-33-21/h3-4,7-11H,5-6,12-14H2,1-2H3,(H,25,29). The highest BCUT2D eigenvalue weighted by Gasteiger charge is 2.28. The minimum atomic E-state index is -0.351. The van der Waals surface area contributed by atoms with Gasteiger partial charge in [0.1, 0.15) is 17.2 Å². The molecule has 1 N–H and O–H groups in total. The monoisotopic (exact) mass is 464 g/mol. The maximum atomic E-state index is 13.1. The number of benzene rings is 2. The molecule has 0 unspecified atom stereocenters. The number of aromatic nitrogens is 2. The lowest BCUT2D eigenvalue weighted by molar-refractivity contribution is 0.0682. The Morgan fingerprint density at radius 3 is 2.53 bits per heavy atom. The fraction of sp³-hybridized carbons (Fsp3) is 0.292. The van der Waals surface area contributed by atoms with Crippen LogP contribution in [0, 0.1) is 0 Å². The number of ether oxygens (including phenoxy) is 4. The van der Waals surface area contributed by atoms with Gasteiger partial charge in [0.2, 0.25) is 6.79 Å². The third-order valence-corrected chi connectivity index (χ3v) is 5.78. The SMILES string of the molecule is COc1cc(CN2CCn3nc(C(=O)NCc4ccc5c(c4)OCO5)cc3C2=O)cc(OC)c1. The molecule has 0 saturated heterocycles. The average molecular weight is 464 g/mol. The molecule has 5 rings (SSSR count). The fourth-order valence-electron chi connectivity index (χ4n) is 4.00. The van der Waals surface area contributed by atoms with Crippen molar-refractivity contribution in [3.8, 4) is 23.0 Å². The van der Waals surface area contributed by atoms with Crippen LogP contribution in [0.3, 0.4) is 0 Å². The van der Waals surface area contributed by atoms with E-state index in [1.807, 2.05) is 30.3 Å². The van der Waals surface area contributed by atoms with Crippen molar-refractivity contribution in [1.82, 2.24) is 20.0 Å². The molecule has 2 amide bonds. The molecule has 0 saturated carbocycles. The van der Waals surface area contributed by atoms with Crippen molar-refractivity contribution in [3.63, 3.8) is 0 Å². The van der Waals surface area contributed by atoms with Gasteiger partial charge in [-0.2, -0.15) is 5.10 Å². The van der Waals surface area contributed by atoms with Gasteiger partial charge in [-0.05, 0) is 35.4 Å². The summed E-state index contributed by atoms with van der Waals surface area (Å²) in [6.07, 6.45) is 0. The maximum Gasteiger partial charge on any atom is 0.272 e. The van der Waals surface area contributed by atoms with Crippen LogP contribution in [0.1, 0.15) is 32.1 Å². The highest BCUT2D eigenvalue weighted by molar-refractivity contribution is 5.98. The van der Waals surface area contributed by atoms with Gasteiger partial charge < -0.3 is 29.2 Å². The number of fused-ring (bicyclic) bond motifs is 2. The molecule has 0 atom stereocenters. The Balaban J connectivity index is 1.26. The van der Waals surface area contributed by atoms with E-state index in [4.69, 9.17) is 18.9 Å². The lowest BCUT2D eigenvalue weighted by atomic mass is 10.1. The molecule has 0 bridgehead atoms. The van der Waals surface area contributed by atoms with Crippen molar-refractivity contribution in [2.45, 2.75) is 19.6 Å². The molecule has 10 heteroatoms. The average Bonchev–Trinajstić information content (AvgIpc) is 3.51.